The first-order valence-electron chi connectivity index (χ1n) is 5.24. The van der Waals surface area contributed by atoms with E-state index in [1.54, 1.807) is 0 Å². The summed E-state index contributed by atoms with van der Waals surface area (Å²) in [5, 5.41) is 18.3. The molecule has 1 aromatic heterocycles. The van der Waals surface area contributed by atoms with Crippen LogP contribution in [-0.2, 0) is 4.79 Å². The highest BCUT2D eigenvalue weighted by Crippen LogP contribution is 2.06. The van der Waals surface area contributed by atoms with Crippen LogP contribution in [0.2, 0.25) is 0 Å². The number of hydrogen-bond donors (Lipinski definition) is 2. The Morgan fingerprint density at radius 3 is 2.63 bits per heavy atom. The van der Waals surface area contributed by atoms with Gasteiger partial charge in [-0.2, -0.15) is 9.90 Å². The van der Waals surface area contributed by atoms with E-state index in [1.165, 1.54) is 30.5 Å². The molecule has 0 aliphatic carbocycles. The number of carboxylic acids is 1. The number of aliphatic carboxylic acids is 1. The zero-order valence-electron chi connectivity index (χ0n) is 9.58. The molecule has 8 heteroatoms. The molecule has 1 aromatic carbocycles. The standard InChI is InChI=1S/C11H9FN4O3/c12-7-1-3-8(4-2-7)16-14-5-9(15-16)11(19)13-6-10(17)18/h1-5H,6H2,(H,13,19)(H,17,18). The molecule has 1 heterocycles. The second kappa shape index (κ2) is 5.25. The Morgan fingerprint density at radius 2 is 2.00 bits per heavy atom. The predicted molar refractivity (Wildman–Crippen MR) is 61.3 cm³/mol. The van der Waals surface area contributed by atoms with Crippen LogP contribution in [0.4, 0.5) is 4.39 Å². The summed E-state index contributed by atoms with van der Waals surface area (Å²) in [4.78, 5) is 22.9. The van der Waals surface area contributed by atoms with Gasteiger partial charge < -0.3 is 10.4 Å². The molecule has 98 valence electrons. The number of nitrogens with one attached hydrogen (secondary N) is 1. The van der Waals surface area contributed by atoms with Crippen molar-refractivity contribution in [3.8, 4) is 5.69 Å². The number of benzene rings is 1. The Kier molecular flexibility index (Phi) is 3.51. The number of aromatic nitrogens is 3. The molecular formula is C11H9FN4O3. The van der Waals surface area contributed by atoms with E-state index in [2.05, 4.69) is 15.5 Å². The van der Waals surface area contributed by atoms with Gasteiger partial charge in [-0.1, -0.05) is 0 Å². The minimum atomic E-state index is -1.15. The van der Waals surface area contributed by atoms with Crippen LogP contribution < -0.4 is 5.32 Å². The molecule has 19 heavy (non-hydrogen) atoms. The highest BCUT2D eigenvalue weighted by molar-refractivity contribution is 5.93. The Bertz CT molecular complexity index is 609. The number of carbonyl (C=O) groups is 2. The van der Waals surface area contributed by atoms with E-state index in [1.807, 2.05) is 0 Å². The lowest BCUT2D eigenvalue weighted by molar-refractivity contribution is -0.135. The molecule has 0 saturated heterocycles. The van der Waals surface area contributed by atoms with Gasteiger partial charge in [0.1, 0.15) is 12.4 Å². The molecule has 0 bridgehead atoms. The summed E-state index contributed by atoms with van der Waals surface area (Å²) in [6.07, 6.45) is 1.19. The van der Waals surface area contributed by atoms with Gasteiger partial charge in [0.15, 0.2) is 5.69 Å². The summed E-state index contributed by atoms with van der Waals surface area (Å²) >= 11 is 0. The Hall–Kier alpha value is -2.77. The summed E-state index contributed by atoms with van der Waals surface area (Å²) in [5.74, 6) is -2.19. The number of carbonyl (C=O) groups excluding carboxylic acids is 1. The summed E-state index contributed by atoms with van der Waals surface area (Å²) in [5.41, 5.74) is 0.462. The maximum Gasteiger partial charge on any atom is 0.322 e. The molecule has 0 radical (unpaired) electrons. The van der Waals surface area contributed by atoms with Crippen LogP contribution in [0.25, 0.3) is 5.69 Å². The van der Waals surface area contributed by atoms with Gasteiger partial charge in [0.25, 0.3) is 5.91 Å². The van der Waals surface area contributed by atoms with Gasteiger partial charge >= 0.3 is 5.97 Å². The van der Waals surface area contributed by atoms with Crippen molar-refractivity contribution in [2.24, 2.45) is 0 Å². The average Bonchev–Trinajstić information content (AvgIpc) is 2.86. The molecule has 2 rings (SSSR count). The van der Waals surface area contributed by atoms with Crippen LogP contribution in [0.15, 0.2) is 30.5 Å². The van der Waals surface area contributed by atoms with E-state index in [0.717, 1.165) is 4.80 Å². The Labute approximate surface area is 106 Å². The van der Waals surface area contributed by atoms with Gasteiger partial charge in [0.05, 0.1) is 11.9 Å². The van der Waals surface area contributed by atoms with Crippen molar-refractivity contribution in [3.63, 3.8) is 0 Å². The zero-order valence-corrected chi connectivity index (χ0v) is 9.58. The summed E-state index contributed by atoms with van der Waals surface area (Å²) in [6.45, 7) is -0.498. The Balaban J connectivity index is 2.12. The lowest BCUT2D eigenvalue weighted by atomic mass is 10.3. The van der Waals surface area contributed by atoms with Crippen molar-refractivity contribution in [2.45, 2.75) is 0 Å². The molecule has 0 aliphatic rings. The molecule has 0 spiro atoms. The van der Waals surface area contributed by atoms with Gasteiger partial charge in [0, 0.05) is 0 Å². The van der Waals surface area contributed by atoms with Crippen molar-refractivity contribution in [2.75, 3.05) is 6.54 Å². The van der Waals surface area contributed by atoms with Crippen LogP contribution in [0.3, 0.4) is 0 Å². The van der Waals surface area contributed by atoms with E-state index >= 15 is 0 Å². The molecule has 2 aromatic rings. The minimum Gasteiger partial charge on any atom is -0.480 e. The van der Waals surface area contributed by atoms with Gasteiger partial charge in [-0.15, -0.1) is 5.10 Å². The Morgan fingerprint density at radius 1 is 1.32 bits per heavy atom. The van der Waals surface area contributed by atoms with E-state index < -0.39 is 24.2 Å². The molecule has 0 aliphatic heterocycles. The van der Waals surface area contributed by atoms with Gasteiger partial charge in [-0.05, 0) is 24.3 Å². The van der Waals surface area contributed by atoms with Crippen molar-refractivity contribution in [1.29, 1.82) is 0 Å². The summed E-state index contributed by atoms with van der Waals surface area (Å²) < 4.78 is 12.7. The topological polar surface area (TPSA) is 97.1 Å². The highest BCUT2D eigenvalue weighted by Gasteiger charge is 2.12. The van der Waals surface area contributed by atoms with Crippen LogP contribution in [0.5, 0.6) is 0 Å². The first kappa shape index (κ1) is 12.7. The molecule has 1 amide bonds. The lowest BCUT2D eigenvalue weighted by Crippen LogP contribution is -2.29. The molecule has 7 nitrogen and oxygen atoms in total. The van der Waals surface area contributed by atoms with Crippen molar-refractivity contribution in [3.05, 3.63) is 42.0 Å². The van der Waals surface area contributed by atoms with Gasteiger partial charge in [-0.3, -0.25) is 9.59 Å². The van der Waals surface area contributed by atoms with Gasteiger partial charge in [-0.25, -0.2) is 4.39 Å². The molecule has 2 N–H and O–H groups in total. The van der Waals surface area contributed by atoms with E-state index in [-0.39, 0.29) is 5.69 Å². The third-order valence-electron chi connectivity index (χ3n) is 2.18. The number of hydrogen-bond acceptors (Lipinski definition) is 4. The van der Waals surface area contributed by atoms with Gasteiger partial charge in [0.2, 0.25) is 0 Å². The van der Waals surface area contributed by atoms with E-state index in [9.17, 15) is 14.0 Å². The lowest BCUT2D eigenvalue weighted by Gasteiger charge is -1.99. The van der Waals surface area contributed by atoms with Crippen LogP contribution in [-0.4, -0.2) is 38.5 Å². The minimum absolute atomic E-state index is 0.0226. The fourth-order valence-corrected chi connectivity index (χ4v) is 1.31. The third kappa shape index (κ3) is 3.12. The highest BCUT2D eigenvalue weighted by atomic mass is 19.1. The number of carboxylic acid groups (broad SMARTS) is 1. The number of amides is 1. The van der Waals surface area contributed by atoms with Crippen LogP contribution in [0, 0.1) is 5.82 Å². The van der Waals surface area contributed by atoms with Crippen LogP contribution >= 0.6 is 0 Å². The second-order valence-electron chi connectivity index (χ2n) is 3.57. The maximum absolute atomic E-state index is 12.7. The average molecular weight is 264 g/mol. The van der Waals surface area contributed by atoms with Crippen molar-refractivity contribution >= 4 is 11.9 Å². The normalized spacial score (nSPS) is 10.2. The SMILES string of the molecule is O=C(O)CNC(=O)c1cnn(-c2ccc(F)cc2)n1. The predicted octanol–water partition coefficient (Wildman–Crippen LogP) is 0.221. The largest absolute Gasteiger partial charge is 0.480 e. The van der Waals surface area contributed by atoms with E-state index in [4.69, 9.17) is 5.11 Å². The van der Waals surface area contributed by atoms with Crippen LogP contribution in [0.1, 0.15) is 10.5 Å². The molecule has 0 unspecified atom stereocenters. The van der Waals surface area contributed by atoms with Crippen molar-refractivity contribution in [1.82, 2.24) is 20.3 Å². The molecular weight excluding hydrogens is 255 g/mol. The number of rotatable bonds is 4. The van der Waals surface area contributed by atoms with E-state index in [0.29, 0.717) is 5.69 Å². The molecule has 0 atom stereocenters. The molecule has 0 fully saturated rings. The number of halogens is 1. The molecule has 0 saturated carbocycles. The second-order valence-corrected chi connectivity index (χ2v) is 3.57. The van der Waals surface area contributed by atoms with Crippen molar-refractivity contribution < 1.29 is 19.1 Å². The summed E-state index contributed by atoms with van der Waals surface area (Å²) in [7, 11) is 0. The summed E-state index contributed by atoms with van der Waals surface area (Å²) in [6, 6.07) is 5.38. The third-order valence-corrected chi connectivity index (χ3v) is 2.18. The quantitative estimate of drug-likeness (QED) is 0.823. The first-order valence-corrected chi connectivity index (χ1v) is 5.24. The monoisotopic (exact) mass is 264 g/mol. The first-order chi connectivity index (χ1) is 9.06. The fourth-order valence-electron chi connectivity index (χ4n) is 1.31. The zero-order chi connectivity index (χ0) is 13.8. The fraction of sp³-hybridized carbons (Fsp3) is 0.0909. The number of nitrogens with zero attached hydrogens (tertiary/aromatic N) is 3. The smallest absolute Gasteiger partial charge is 0.322 e. The maximum atomic E-state index is 12.7.